The molecule has 0 amide bonds. The molecule has 0 radical (unpaired) electrons. The van der Waals surface area contributed by atoms with Crippen LogP contribution in [0.5, 0.6) is 5.75 Å². The van der Waals surface area contributed by atoms with Gasteiger partial charge in [-0.3, -0.25) is 9.69 Å². The van der Waals surface area contributed by atoms with Gasteiger partial charge in [-0.2, -0.15) is 0 Å². The summed E-state index contributed by atoms with van der Waals surface area (Å²) in [4.78, 5) is 15.5. The second-order valence-corrected chi connectivity index (χ2v) is 11.3. The highest BCUT2D eigenvalue weighted by Crippen LogP contribution is 2.44. The number of phenolic OH excluding ortho intramolecular Hbond substituents is 1. The number of carbonyl (C=O) groups excluding carboxylic acids is 1. The molecule has 3 fully saturated rings. The van der Waals surface area contributed by atoms with E-state index in [0.29, 0.717) is 36.7 Å². The van der Waals surface area contributed by atoms with Crippen molar-refractivity contribution in [3.8, 4) is 5.75 Å². The smallest absolute Gasteiger partial charge is 0.306 e. The summed E-state index contributed by atoms with van der Waals surface area (Å²) in [6.07, 6.45) is 17.9. The maximum atomic E-state index is 12.6. The zero-order valence-electron chi connectivity index (χ0n) is 21.4. The normalized spacial score (nSPS) is 27.1. The highest BCUT2D eigenvalue weighted by atomic mass is 16.5. The van der Waals surface area contributed by atoms with E-state index in [0.717, 1.165) is 18.3 Å². The fourth-order valence-electron chi connectivity index (χ4n) is 7.27. The van der Waals surface area contributed by atoms with Crippen LogP contribution >= 0.6 is 0 Å². The summed E-state index contributed by atoms with van der Waals surface area (Å²) in [5.41, 5.74) is 1.29. The molecule has 3 saturated carbocycles. The van der Waals surface area contributed by atoms with Gasteiger partial charge in [-0.05, 0) is 80.9 Å². The quantitative estimate of drug-likeness (QED) is 0.393. The van der Waals surface area contributed by atoms with Crippen LogP contribution < -0.4 is 0 Å². The van der Waals surface area contributed by atoms with E-state index in [-0.39, 0.29) is 5.97 Å². The van der Waals surface area contributed by atoms with E-state index in [2.05, 4.69) is 17.0 Å². The minimum absolute atomic E-state index is 0.0527. The van der Waals surface area contributed by atoms with Gasteiger partial charge in [0.05, 0.1) is 6.61 Å². The highest BCUT2D eigenvalue weighted by molar-refractivity contribution is 5.69. The largest absolute Gasteiger partial charge is 0.508 e. The van der Waals surface area contributed by atoms with Gasteiger partial charge in [0.2, 0.25) is 0 Å². The van der Waals surface area contributed by atoms with Crippen molar-refractivity contribution in [2.45, 2.75) is 109 Å². The van der Waals surface area contributed by atoms with Crippen LogP contribution in [0.1, 0.15) is 108 Å². The molecule has 1 aromatic rings. The summed E-state index contributed by atoms with van der Waals surface area (Å²) >= 11 is 0. The Labute approximate surface area is 207 Å². The van der Waals surface area contributed by atoms with E-state index < -0.39 is 0 Å². The lowest BCUT2D eigenvalue weighted by molar-refractivity contribution is -0.145. The number of esters is 1. The van der Waals surface area contributed by atoms with Gasteiger partial charge in [0.15, 0.2) is 0 Å². The van der Waals surface area contributed by atoms with Crippen molar-refractivity contribution in [1.82, 2.24) is 4.90 Å². The van der Waals surface area contributed by atoms with Gasteiger partial charge in [-0.15, -0.1) is 0 Å². The molecular formula is C30H47NO3. The molecule has 0 saturated heterocycles. The number of carbonyl (C=O) groups is 1. The molecule has 3 unspecified atom stereocenters. The van der Waals surface area contributed by atoms with Crippen LogP contribution in [0.15, 0.2) is 24.3 Å². The van der Waals surface area contributed by atoms with E-state index in [1.807, 2.05) is 19.1 Å². The lowest BCUT2D eigenvalue weighted by Crippen LogP contribution is -2.49. The maximum absolute atomic E-state index is 12.6. The number of aromatic hydroxyl groups is 1. The lowest BCUT2D eigenvalue weighted by atomic mass is 9.70. The Morgan fingerprint density at radius 3 is 2.00 bits per heavy atom. The Morgan fingerprint density at radius 2 is 1.44 bits per heavy atom. The Kier molecular flexibility index (Phi) is 9.73. The van der Waals surface area contributed by atoms with Gasteiger partial charge < -0.3 is 9.84 Å². The average Bonchev–Trinajstić information content (AvgIpc) is 2.86. The van der Waals surface area contributed by atoms with Crippen LogP contribution in [-0.4, -0.2) is 41.7 Å². The van der Waals surface area contributed by atoms with Crippen LogP contribution in [0.2, 0.25) is 0 Å². The van der Waals surface area contributed by atoms with E-state index in [4.69, 9.17) is 4.74 Å². The summed E-state index contributed by atoms with van der Waals surface area (Å²) in [5, 5.41) is 9.96. The SMILES string of the molecule is CCOC(=O)CC1CCCC(N(CC2CCCCC2)CC2CCCCC2)C1c1ccc(O)cc1. The van der Waals surface area contributed by atoms with Crippen LogP contribution in [-0.2, 0) is 9.53 Å². The van der Waals surface area contributed by atoms with Gasteiger partial charge >= 0.3 is 5.97 Å². The zero-order valence-corrected chi connectivity index (χ0v) is 21.4. The van der Waals surface area contributed by atoms with E-state index >= 15 is 0 Å². The number of ether oxygens (including phenoxy) is 1. The predicted molar refractivity (Wildman–Crippen MR) is 138 cm³/mol. The standard InChI is InChI=1S/C30H47NO3/c1-2-34-29(33)20-26-14-9-15-28(30(26)25-16-18-27(32)19-17-25)31(21-23-10-5-3-6-11-23)22-24-12-7-4-8-13-24/h16-19,23-24,26,28,30,32H,2-15,20-22H2,1H3. The molecule has 34 heavy (non-hydrogen) atoms. The molecule has 1 N–H and O–H groups in total. The summed E-state index contributed by atoms with van der Waals surface area (Å²) in [6, 6.07) is 8.34. The molecular weight excluding hydrogens is 422 g/mol. The van der Waals surface area contributed by atoms with Gasteiger partial charge in [-0.25, -0.2) is 0 Å². The van der Waals surface area contributed by atoms with Crippen molar-refractivity contribution < 1.29 is 14.6 Å². The summed E-state index contributed by atoms with van der Waals surface area (Å²) in [6.45, 7) is 4.80. The first-order chi connectivity index (χ1) is 16.6. The van der Waals surface area contributed by atoms with Crippen molar-refractivity contribution in [1.29, 1.82) is 0 Å². The Bertz CT molecular complexity index is 716. The average molecular weight is 470 g/mol. The minimum Gasteiger partial charge on any atom is -0.508 e. The topological polar surface area (TPSA) is 49.8 Å². The molecule has 3 atom stereocenters. The van der Waals surface area contributed by atoms with Crippen LogP contribution in [0.25, 0.3) is 0 Å². The Hall–Kier alpha value is -1.55. The third-order valence-electron chi connectivity index (χ3n) is 8.91. The Morgan fingerprint density at radius 1 is 0.853 bits per heavy atom. The maximum Gasteiger partial charge on any atom is 0.306 e. The van der Waals surface area contributed by atoms with Gasteiger partial charge in [0.1, 0.15) is 5.75 Å². The van der Waals surface area contributed by atoms with Gasteiger partial charge in [0, 0.05) is 31.5 Å². The molecule has 4 heteroatoms. The molecule has 3 aliphatic rings. The van der Waals surface area contributed by atoms with Crippen molar-refractivity contribution in [3.05, 3.63) is 29.8 Å². The van der Waals surface area contributed by atoms with E-state index in [1.165, 1.54) is 95.7 Å². The van der Waals surface area contributed by atoms with Gasteiger partial charge in [-0.1, -0.05) is 57.1 Å². The number of phenols is 1. The first kappa shape index (κ1) is 25.5. The number of hydrogen-bond acceptors (Lipinski definition) is 4. The number of rotatable bonds is 9. The summed E-state index contributed by atoms with van der Waals surface area (Å²) in [5.74, 6) is 2.54. The van der Waals surface area contributed by atoms with Gasteiger partial charge in [0.25, 0.3) is 0 Å². The van der Waals surface area contributed by atoms with Crippen LogP contribution in [0.3, 0.4) is 0 Å². The zero-order chi connectivity index (χ0) is 23.8. The van der Waals surface area contributed by atoms with Crippen LogP contribution in [0, 0.1) is 17.8 Å². The van der Waals surface area contributed by atoms with Crippen LogP contribution in [0.4, 0.5) is 0 Å². The second kappa shape index (κ2) is 13.0. The molecule has 3 aliphatic carbocycles. The fourth-order valence-corrected chi connectivity index (χ4v) is 7.27. The number of nitrogens with zero attached hydrogens (tertiary/aromatic N) is 1. The molecule has 190 valence electrons. The molecule has 0 aromatic heterocycles. The fraction of sp³-hybridized carbons (Fsp3) is 0.767. The lowest BCUT2D eigenvalue weighted by Gasteiger charge is -2.47. The molecule has 0 heterocycles. The van der Waals surface area contributed by atoms with E-state index in [1.54, 1.807) is 0 Å². The highest BCUT2D eigenvalue weighted by Gasteiger charge is 2.40. The second-order valence-electron chi connectivity index (χ2n) is 11.3. The molecule has 0 spiro atoms. The molecule has 1 aromatic carbocycles. The van der Waals surface area contributed by atoms with Crippen molar-refractivity contribution in [2.24, 2.45) is 17.8 Å². The van der Waals surface area contributed by atoms with Crippen molar-refractivity contribution in [3.63, 3.8) is 0 Å². The molecule has 0 aliphatic heterocycles. The predicted octanol–water partition coefficient (Wildman–Crippen LogP) is 7.06. The Balaban J connectivity index is 1.60. The van der Waals surface area contributed by atoms with Crippen molar-refractivity contribution in [2.75, 3.05) is 19.7 Å². The van der Waals surface area contributed by atoms with E-state index in [9.17, 15) is 9.90 Å². The first-order valence-corrected chi connectivity index (χ1v) is 14.3. The summed E-state index contributed by atoms with van der Waals surface area (Å²) < 4.78 is 5.39. The third-order valence-corrected chi connectivity index (χ3v) is 8.91. The number of benzene rings is 1. The first-order valence-electron chi connectivity index (χ1n) is 14.3. The third kappa shape index (κ3) is 6.99. The van der Waals surface area contributed by atoms with Crippen molar-refractivity contribution >= 4 is 5.97 Å². The minimum atomic E-state index is -0.0527. The molecule has 4 rings (SSSR count). The number of hydrogen-bond donors (Lipinski definition) is 1. The molecule has 4 nitrogen and oxygen atoms in total. The molecule has 0 bridgehead atoms. The summed E-state index contributed by atoms with van der Waals surface area (Å²) in [7, 11) is 0. The monoisotopic (exact) mass is 469 g/mol.